The van der Waals surface area contributed by atoms with E-state index in [1.807, 2.05) is 0 Å². The first kappa shape index (κ1) is 10.0. The molecule has 0 bridgehead atoms. The first-order chi connectivity index (χ1) is 5.15. The second-order valence-corrected chi connectivity index (χ2v) is 5.99. The zero-order valence-corrected chi connectivity index (χ0v) is 10.4. The molecule has 0 N–H and O–H groups in total. The van der Waals surface area contributed by atoms with Gasteiger partial charge in [-0.15, -0.1) is 0 Å². The minimum atomic E-state index is 0.727. The predicted octanol–water partition coefficient (Wildman–Crippen LogP) is 3.97. The van der Waals surface area contributed by atoms with Crippen molar-refractivity contribution in [1.82, 2.24) is 0 Å². The van der Waals surface area contributed by atoms with E-state index in [-0.39, 0.29) is 0 Å². The highest BCUT2D eigenvalue weighted by Crippen LogP contribution is 2.38. The highest BCUT2D eigenvalue weighted by molar-refractivity contribution is 9.10. The zero-order valence-electron chi connectivity index (χ0n) is 7.19. The van der Waals surface area contributed by atoms with Gasteiger partial charge in [-0.2, -0.15) is 0 Å². The third kappa shape index (κ3) is 2.45. The van der Waals surface area contributed by atoms with Crippen LogP contribution in [0.25, 0.3) is 0 Å². The summed E-state index contributed by atoms with van der Waals surface area (Å²) in [7, 11) is 0. The van der Waals surface area contributed by atoms with Crippen molar-refractivity contribution in [2.45, 2.75) is 42.8 Å². The van der Waals surface area contributed by atoms with E-state index in [9.17, 15) is 0 Å². The lowest BCUT2D eigenvalue weighted by Crippen LogP contribution is -2.31. The first-order valence-corrected chi connectivity index (χ1v) is 6.26. The molecule has 2 heteroatoms. The van der Waals surface area contributed by atoms with E-state index in [1.165, 1.54) is 19.3 Å². The highest BCUT2D eigenvalue weighted by atomic mass is 79.9. The van der Waals surface area contributed by atoms with Gasteiger partial charge in [0.1, 0.15) is 0 Å². The summed E-state index contributed by atoms with van der Waals surface area (Å²) >= 11 is 7.49. The summed E-state index contributed by atoms with van der Waals surface area (Å²) in [4.78, 5) is 1.45. The summed E-state index contributed by atoms with van der Waals surface area (Å²) in [5.41, 5.74) is 0. The van der Waals surface area contributed by atoms with Crippen LogP contribution in [0.2, 0.25) is 0 Å². The van der Waals surface area contributed by atoms with Gasteiger partial charge >= 0.3 is 0 Å². The van der Waals surface area contributed by atoms with Crippen molar-refractivity contribution in [3.8, 4) is 0 Å². The maximum atomic E-state index is 3.75. The molecule has 1 aliphatic carbocycles. The van der Waals surface area contributed by atoms with Gasteiger partial charge in [-0.3, -0.25) is 0 Å². The van der Waals surface area contributed by atoms with Crippen LogP contribution in [-0.2, 0) is 0 Å². The molecule has 0 aliphatic heterocycles. The van der Waals surface area contributed by atoms with Gasteiger partial charge in [0.25, 0.3) is 0 Å². The van der Waals surface area contributed by atoms with Crippen LogP contribution in [-0.4, -0.2) is 9.65 Å². The Hall–Kier alpha value is 0.960. The van der Waals surface area contributed by atoms with Crippen LogP contribution >= 0.6 is 31.9 Å². The average molecular weight is 284 g/mol. The van der Waals surface area contributed by atoms with E-state index in [0.29, 0.717) is 0 Å². The van der Waals surface area contributed by atoms with E-state index in [0.717, 1.165) is 21.5 Å². The molecule has 1 aliphatic rings. The van der Waals surface area contributed by atoms with E-state index in [1.54, 1.807) is 0 Å². The molecule has 0 spiro atoms. The van der Waals surface area contributed by atoms with Gasteiger partial charge in [0.2, 0.25) is 0 Å². The molecule has 66 valence electrons. The molecule has 11 heavy (non-hydrogen) atoms. The smallest absolute Gasteiger partial charge is 0.0184 e. The van der Waals surface area contributed by atoms with E-state index >= 15 is 0 Å². The molecule has 2 atom stereocenters. The maximum absolute atomic E-state index is 3.75. The Labute approximate surface area is 86.4 Å². The Morgan fingerprint density at radius 1 is 1.18 bits per heavy atom. The molecule has 0 aromatic heterocycles. The zero-order chi connectivity index (χ0) is 8.43. The Morgan fingerprint density at radius 3 is 2.00 bits per heavy atom. The molecular formula is C9H16Br2. The largest absolute Gasteiger partial charge is 0.0887 e. The second kappa shape index (κ2) is 4.27. The maximum Gasteiger partial charge on any atom is 0.0184 e. The van der Waals surface area contributed by atoms with Gasteiger partial charge < -0.3 is 0 Å². The van der Waals surface area contributed by atoms with Crippen molar-refractivity contribution < 1.29 is 0 Å². The third-order valence-corrected chi connectivity index (χ3v) is 5.25. The van der Waals surface area contributed by atoms with Gasteiger partial charge in [0, 0.05) is 9.65 Å². The van der Waals surface area contributed by atoms with Crippen LogP contribution in [0.4, 0.5) is 0 Å². The minimum absolute atomic E-state index is 0.727. The topological polar surface area (TPSA) is 0 Å². The molecule has 0 aromatic rings. The fourth-order valence-electron chi connectivity index (χ4n) is 1.72. The first-order valence-electron chi connectivity index (χ1n) is 4.43. The molecule has 1 saturated carbocycles. The summed E-state index contributed by atoms with van der Waals surface area (Å²) in [6.07, 6.45) is 4.05. The molecule has 0 saturated heterocycles. The number of hydrogen-bond acceptors (Lipinski definition) is 0. The number of halogens is 2. The lowest BCUT2D eigenvalue weighted by molar-refractivity contribution is 0.310. The molecule has 1 fully saturated rings. The molecule has 0 nitrogen and oxygen atoms in total. The summed E-state index contributed by atoms with van der Waals surface area (Å²) in [6, 6.07) is 0. The van der Waals surface area contributed by atoms with Gasteiger partial charge in [0.15, 0.2) is 0 Å². The average Bonchev–Trinajstić information content (AvgIpc) is 1.99. The van der Waals surface area contributed by atoms with Crippen LogP contribution in [0.15, 0.2) is 0 Å². The fraction of sp³-hybridized carbons (Fsp3) is 1.00. The lowest BCUT2D eigenvalue weighted by atomic mass is 9.81. The van der Waals surface area contributed by atoms with Crippen molar-refractivity contribution in [2.24, 2.45) is 11.8 Å². The standard InChI is InChI=1S/C9H16Br2/c1-3-7-4-8(10)6(2)9(11)5-7/h6-9H,3-5H2,1-2H3. The number of hydrogen-bond donors (Lipinski definition) is 0. The van der Waals surface area contributed by atoms with Crippen molar-refractivity contribution in [2.75, 3.05) is 0 Å². The normalized spacial score (nSPS) is 45.8. The third-order valence-electron chi connectivity index (χ3n) is 2.84. The van der Waals surface area contributed by atoms with E-state index in [4.69, 9.17) is 0 Å². The molecule has 0 amide bonds. The van der Waals surface area contributed by atoms with Crippen LogP contribution in [0.3, 0.4) is 0 Å². The molecule has 1 rings (SSSR count). The fourth-order valence-corrected chi connectivity index (χ4v) is 3.93. The monoisotopic (exact) mass is 282 g/mol. The summed E-state index contributed by atoms with van der Waals surface area (Å²) in [5.74, 6) is 1.72. The molecule has 0 aromatic carbocycles. The van der Waals surface area contributed by atoms with Gasteiger partial charge in [0.05, 0.1) is 0 Å². The van der Waals surface area contributed by atoms with Crippen molar-refractivity contribution in [3.63, 3.8) is 0 Å². The Kier molecular flexibility index (Phi) is 3.90. The van der Waals surface area contributed by atoms with Crippen LogP contribution in [0.5, 0.6) is 0 Å². The summed E-state index contributed by atoms with van der Waals surface area (Å²) in [6.45, 7) is 4.62. The van der Waals surface area contributed by atoms with E-state index < -0.39 is 0 Å². The van der Waals surface area contributed by atoms with Gasteiger partial charge in [-0.25, -0.2) is 0 Å². The van der Waals surface area contributed by atoms with Crippen molar-refractivity contribution >= 4 is 31.9 Å². The molecule has 0 heterocycles. The Balaban J connectivity index is 2.47. The van der Waals surface area contributed by atoms with Crippen LogP contribution < -0.4 is 0 Å². The number of rotatable bonds is 1. The minimum Gasteiger partial charge on any atom is -0.0887 e. The molecule has 0 radical (unpaired) electrons. The summed E-state index contributed by atoms with van der Waals surface area (Å²) < 4.78 is 0. The summed E-state index contributed by atoms with van der Waals surface area (Å²) in [5, 5.41) is 0. The van der Waals surface area contributed by atoms with Crippen LogP contribution in [0.1, 0.15) is 33.1 Å². The van der Waals surface area contributed by atoms with Crippen molar-refractivity contribution in [3.05, 3.63) is 0 Å². The van der Waals surface area contributed by atoms with Gasteiger partial charge in [-0.05, 0) is 24.7 Å². The van der Waals surface area contributed by atoms with Crippen LogP contribution in [0, 0.1) is 11.8 Å². The second-order valence-electron chi connectivity index (χ2n) is 3.64. The predicted molar refractivity (Wildman–Crippen MR) is 57.6 cm³/mol. The quantitative estimate of drug-likeness (QED) is 0.639. The van der Waals surface area contributed by atoms with Gasteiger partial charge in [-0.1, -0.05) is 52.1 Å². The van der Waals surface area contributed by atoms with Crippen molar-refractivity contribution in [1.29, 1.82) is 0 Å². The Morgan fingerprint density at radius 2 is 1.64 bits per heavy atom. The molecule has 2 unspecified atom stereocenters. The Bertz CT molecular complexity index is 113. The highest BCUT2D eigenvalue weighted by Gasteiger charge is 2.31. The lowest BCUT2D eigenvalue weighted by Gasteiger charge is -2.34. The molecular weight excluding hydrogens is 268 g/mol. The van der Waals surface area contributed by atoms with E-state index in [2.05, 4.69) is 45.7 Å². The number of alkyl halides is 2. The SMILES string of the molecule is CCC1CC(Br)C(C)C(Br)C1.